The number of methoxy groups -OCH3 is 1. The summed E-state index contributed by atoms with van der Waals surface area (Å²) < 4.78 is 5.11. The Morgan fingerprint density at radius 1 is 1.36 bits per heavy atom. The number of rotatable bonds is 5. The van der Waals surface area contributed by atoms with Gasteiger partial charge < -0.3 is 4.74 Å². The summed E-state index contributed by atoms with van der Waals surface area (Å²) in [6.07, 6.45) is 4.25. The van der Waals surface area contributed by atoms with E-state index >= 15 is 0 Å². The molecule has 1 heteroatoms. The molecule has 14 heavy (non-hydrogen) atoms. The first-order chi connectivity index (χ1) is 6.80. The third kappa shape index (κ3) is 2.91. The fourth-order valence-electron chi connectivity index (χ4n) is 1.46. The molecule has 0 amide bonds. The number of benzene rings is 1. The number of ether oxygens (including phenoxy) is 1. The smallest absolute Gasteiger partial charge is 0.118 e. The largest absolute Gasteiger partial charge is 0.497 e. The molecular weight excluding hydrogens is 172 g/mol. The van der Waals surface area contributed by atoms with E-state index < -0.39 is 0 Å². The standard InChI is InChI=1S/C13H18O/c1-4-11(5-2)10-12-6-8-13(14-3)9-7-12/h4,6-9,11H,1,5,10H2,2-3H3. The van der Waals surface area contributed by atoms with Crippen LogP contribution in [0.4, 0.5) is 0 Å². The molecule has 0 aliphatic heterocycles. The third-order valence-corrected chi connectivity index (χ3v) is 2.51. The highest BCUT2D eigenvalue weighted by molar-refractivity contribution is 5.27. The second-order valence-electron chi connectivity index (χ2n) is 3.46. The molecule has 1 aromatic carbocycles. The van der Waals surface area contributed by atoms with Crippen molar-refractivity contribution in [2.75, 3.05) is 7.11 Å². The maximum Gasteiger partial charge on any atom is 0.118 e. The zero-order valence-corrected chi connectivity index (χ0v) is 8.99. The van der Waals surface area contributed by atoms with Crippen molar-refractivity contribution in [2.24, 2.45) is 5.92 Å². The van der Waals surface area contributed by atoms with E-state index in [-0.39, 0.29) is 0 Å². The average molecular weight is 190 g/mol. The molecule has 0 spiro atoms. The molecule has 0 radical (unpaired) electrons. The third-order valence-electron chi connectivity index (χ3n) is 2.51. The highest BCUT2D eigenvalue weighted by Gasteiger charge is 2.02. The van der Waals surface area contributed by atoms with Crippen LogP contribution < -0.4 is 4.74 Å². The van der Waals surface area contributed by atoms with Crippen LogP contribution in [-0.2, 0) is 6.42 Å². The minimum Gasteiger partial charge on any atom is -0.497 e. The fourth-order valence-corrected chi connectivity index (χ4v) is 1.46. The first-order valence-electron chi connectivity index (χ1n) is 5.05. The van der Waals surface area contributed by atoms with E-state index in [4.69, 9.17) is 4.74 Å². The van der Waals surface area contributed by atoms with E-state index in [1.165, 1.54) is 5.56 Å². The molecule has 0 aromatic heterocycles. The van der Waals surface area contributed by atoms with Gasteiger partial charge in [0.2, 0.25) is 0 Å². The van der Waals surface area contributed by atoms with Crippen LogP contribution >= 0.6 is 0 Å². The topological polar surface area (TPSA) is 9.23 Å². The van der Waals surface area contributed by atoms with E-state index in [1.807, 2.05) is 18.2 Å². The van der Waals surface area contributed by atoms with E-state index in [2.05, 4.69) is 25.6 Å². The predicted molar refractivity (Wildman–Crippen MR) is 60.7 cm³/mol. The summed E-state index contributed by atoms with van der Waals surface area (Å²) in [5.74, 6) is 1.50. The van der Waals surface area contributed by atoms with E-state index in [9.17, 15) is 0 Å². The lowest BCUT2D eigenvalue weighted by atomic mass is 9.97. The van der Waals surface area contributed by atoms with Crippen LogP contribution in [0.25, 0.3) is 0 Å². The van der Waals surface area contributed by atoms with Gasteiger partial charge in [-0.25, -0.2) is 0 Å². The van der Waals surface area contributed by atoms with E-state index in [0.29, 0.717) is 5.92 Å². The highest BCUT2D eigenvalue weighted by Crippen LogP contribution is 2.16. The van der Waals surface area contributed by atoms with E-state index in [0.717, 1.165) is 18.6 Å². The molecule has 1 unspecified atom stereocenters. The van der Waals surface area contributed by atoms with Gasteiger partial charge >= 0.3 is 0 Å². The molecule has 76 valence electrons. The molecule has 0 N–H and O–H groups in total. The minimum absolute atomic E-state index is 0.586. The van der Waals surface area contributed by atoms with Gasteiger partial charge in [-0.2, -0.15) is 0 Å². The van der Waals surface area contributed by atoms with Crippen molar-refractivity contribution < 1.29 is 4.74 Å². The SMILES string of the molecule is C=CC(CC)Cc1ccc(OC)cc1. The van der Waals surface area contributed by atoms with Crippen LogP contribution in [0.15, 0.2) is 36.9 Å². The molecule has 0 aliphatic rings. The lowest BCUT2D eigenvalue weighted by molar-refractivity contribution is 0.414. The van der Waals surface area contributed by atoms with E-state index in [1.54, 1.807) is 7.11 Å². The summed E-state index contributed by atoms with van der Waals surface area (Å²) in [7, 11) is 1.69. The Hall–Kier alpha value is -1.24. The van der Waals surface area contributed by atoms with Gasteiger partial charge in [0.15, 0.2) is 0 Å². The van der Waals surface area contributed by atoms with Crippen LogP contribution in [0, 0.1) is 5.92 Å². The monoisotopic (exact) mass is 190 g/mol. The molecule has 0 heterocycles. The quantitative estimate of drug-likeness (QED) is 0.646. The van der Waals surface area contributed by atoms with Crippen LogP contribution in [0.3, 0.4) is 0 Å². The summed E-state index contributed by atoms with van der Waals surface area (Å²) in [5.41, 5.74) is 1.34. The van der Waals surface area contributed by atoms with Gasteiger partial charge in [-0.15, -0.1) is 6.58 Å². The zero-order valence-electron chi connectivity index (χ0n) is 8.99. The summed E-state index contributed by atoms with van der Waals surface area (Å²) >= 11 is 0. The molecule has 0 aliphatic carbocycles. The van der Waals surface area contributed by atoms with Crippen molar-refractivity contribution >= 4 is 0 Å². The van der Waals surface area contributed by atoms with Crippen molar-refractivity contribution in [3.63, 3.8) is 0 Å². The Kier molecular flexibility index (Phi) is 4.24. The molecule has 0 saturated carbocycles. The van der Waals surface area contributed by atoms with Crippen molar-refractivity contribution in [2.45, 2.75) is 19.8 Å². The lowest BCUT2D eigenvalue weighted by Crippen LogP contribution is -1.98. The average Bonchev–Trinajstić information content (AvgIpc) is 2.26. The summed E-state index contributed by atoms with van der Waals surface area (Å²) in [6, 6.07) is 8.24. The molecule has 1 atom stereocenters. The molecule has 1 aromatic rings. The Bertz CT molecular complexity index is 274. The first-order valence-corrected chi connectivity index (χ1v) is 5.05. The predicted octanol–water partition coefficient (Wildman–Crippen LogP) is 3.45. The molecule has 0 saturated heterocycles. The van der Waals surface area contributed by atoms with Gasteiger partial charge in [0, 0.05) is 0 Å². The Morgan fingerprint density at radius 3 is 2.43 bits per heavy atom. The maximum atomic E-state index is 5.11. The maximum absolute atomic E-state index is 5.11. The Balaban J connectivity index is 2.63. The summed E-state index contributed by atoms with van der Waals surface area (Å²) in [4.78, 5) is 0. The van der Waals surface area contributed by atoms with Crippen LogP contribution in [0.2, 0.25) is 0 Å². The van der Waals surface area contributed by atoms with Gasteiger partial charge in [0.1, 0.15) is 5.75 Å². The lowest BCUT2D eigenvalue weighted by Gasteiger charge is -2.09. The number of allylic oxidation sites excluding steroid dienone is 1. The minimum atomic E-state index is 0.586. The Morgan fingerprint density at radius 2 is 2.00 bits per heavy atom. The van der Waals surface area contributed by atoms with Crippen molar-refractivity contribution in [1.29, 1.82) is 0 Å². The second kappa shape index (κ2) is 5.48. The summed E-state index contributed by atoms with van der Waals surface area (Å²) in [6.45, 7) is 6.03. The highest BCUT2D eigenvalue weighted by atomic mass is 16.5. The van der Waals surface area contributed by atoms with Crippen LogP contribution in [-0.4, -0.2) is 7.11 Å². The zero-order chi connectivity index (χ0) is 10.4. The van der Waals surface area contributed by atoms with Crippen molar-refractivity contribution in [3.8, 4) is 5.75 Å². The van der Waals surface area contributed by atoms with Gasteiger partial charge in [0.25, 0.3) is 0 Å². The van der Waals surface area contributed by atoms with Gasteiger partial charge in [-0.1, -0.05) is 25.1 Å². The van der Waals surface area contributed by atoms with Crippen LogP contribution in [0.1, 0.15) is 18.9 Å². The Labute approximate surface area is 86.4 Å². The molecule has 1 nitrogen and oxygen atoms in total. The molecule has 0 bridgehead atoms. The van der Waals surface area contributed by atoms with Crippen LogP contribution in [0.5, 0.6) is 5.75 Å². The van der Waals surface area contributed by atoms with Crippen molar-refractivity contribution in [1.82, 2.24) is 0 Å². The normalized spacial score (nSPS) is 12.1. The number of hydrogen-bond acceptors (Lipinski definition) is 1. The first kappa shape index (κ1) is 10.8. The van der Waals surface area contributed by atoms with Gasteiger partial charge in [-0.3, -0.25) is 0 Å². The molecular formula is C13H18O. The molecule has 1 rings (SSSR count). The summed E-state index contributed by atoms with van der Waals surface area (Å²) in [5, 5.41) is 0. The van der Waals surface area contributed by atoms with Crippen molar-refractivity contribution in [3.05, 3.63) is 42.5 Å². The second-order valence-corrected chi connectivity index (χ2v) is 3.46. The van der Waals surface area contributed by atoms with Gasteiger partial charge in [-0.05, 0) is 36.5 Å². The molecule has 0 fully saturated rings. The fraction of sp³-hybridized carbons (Fsp3) is 0.385. The van der Waals surface area contributed by atoms with Gasteiger partial charge in [0.05, 0.1) is 7.11 Å². The number of hydrogen-bond donors (Lipinski definition) is 0.